The molecule has 1 amide bonds. The van der Waals surface area contributed by atoms with Crippen molar-refractivity contribution in [3.8, 4) is 0 Å². The van der Waals surface area contributed by atoms with Crippen LogP contribution in [-0.4, -0.2) is 28.4 Å². The lowest BCUT2D eigenvalue weighted by molar-refractivity contribution is -0.120. The summed E-state index contributed by atoms with van der Waals surface area (Å²) in [5.41, 5.74) is -1.18. The van der Waals surface area contributed by atoms with E-state index < -0.39 is 11.6 Å². The normalized spacial score (nSPS) is 38.3. The van der Waals surface area contributed by atoms with Gasteiger partial charge < -0.3 is 10.4 Å². The fourth-order valence-corrected chi connectivity index (χ4v) is 2.27. The molecule has 2 N–H and O–H groups in total. The SMILES string of the molecule is O=C1C[C@]2(O)C=C(Br)C(=O)C[C@@H]2N1. The number of hydrogen-bond acceptors (Lipinski definition) is 3. The third kappa shape index (κ3) is 1.32. The number of Topliss-reactive ketones (excluding diaryl/α,β-unsaturated/α-hetero) is 1. The summed E-state index contributed by atoms with van der Waals surface area (Å²) in [7, 11) is 0. The molecule has 0 aromatic carbocycles. The molecule has 1 aliphatic carbocycles. The Labute approximate surface area is 83.1 Å². The van der Waals surface area contributed by atoms with Crippen LogP contribution in [0.3, 0.4) is 0 Å². The molecule has 1 fully saturated rings. The molecule has 0 radical (unpaired) electrons. The summed E-state index contributed by atoms with van der Waals surface area (Å²) in [6.45, 7) is 0. The summed E-state index contributed by atoms with van der Waals surface area (Å²) >= 11 is 3.06. The monoisotopic (exact) mass is 245 g/mol. The van der Waals surface area contributed by atoms with E-state index in [0.29, 0.717) is 4.48 Å². The Morgan fingerprint density at radius 2 is 2.31 bits per heavy atom. The molecule has 0 saturated carbocycles. The first kappa shape index (κ1) is 8.90. The molecule has 1 saturated heterocycles. The van der Waals surface area contributed by atoms with E-state index in [0.717, 1.165) is 0 Å². The van der Waals surface area contributed by atoms with Gasteiger partial charge in [-0.3, -0.25) is 9.59 Å². The van der Waals surface area contributed by atoms with Crippen LogP contribution in [0.5, 0.6) is 0 Å². The summed E-state index contributed by atoms with van der Waals surface area (Å²) in [5.74, 6) is -0.296. The number of carbonyl (C=O) groups excluding carboxylic acids is 2. The van der Waals surface area contributed by atoms with E-state index in [-0.39, 0.29) is 24.5 Å². The highest BCUT2D eigenvalue weighted by Crippen LogP contribution is 2.33. The Morgan fingerprint density at radius 1 is 1.62 bits per heavy atom. The molecule has 0 aromatic rings. The van der Waals surface area contributed by atoms with Gasteiger partial charge in [0, 0.05) is 6.42 Å². The maximum atomic E-state index is 11.2. The molecule has 1 aliphatic heterocycles. The quantitative estimate of drug-likeness (QED) is 0.625. The minimum atomic E-state index is -1.18. The number of fused-ring (bicyclic) bond motifs is 1. The molecule has 2 atom stereocenters. The van der Waals surface area contributed by atoms with Crippen LogP contribution in [0.4, 0.5) is 0 Å². The van der Waals surface area contributed by atoms with Crippen LogP contribution in [-0.2, 0) is 9.59 Å². The first-order valence-corrected chi connectivity index (χ1v) is 4.74. The highest BCUT2D eigenvalue weighted by atomic mass is 79.9. The zero-order valence-electron chi connectivity index (χ0n) is 6.71. The van der Waals surface area contributed by atoms with Crippen LogP contribution < -0.4 is 5.32 Å². The van der Waals surface area contributed by atoms with Crippen LogP contribution >= 0.6 is 15.9 Å². The largest absolute Gasteiger partial charge is 0.383 e. The van der Waals surface area contributed by atoms with E-state index >= 15 is 0 Å². The van der Waals surface area contributed by atoms with Crippen LogP contribution in [0.1, 0.15) is 12.8 Å². The highest BCUT2D eigenvalue weighted by Gasteiger charge is 2.47. The van der Waals surface area contributed by atoms with Gasteiger partial charge in [0.1, 0.15) is 5.60 Å². The Balaban J connectivity index is 2.38. The topological polar surface area (TPSA) is 66.4 Å². The molecule has 5 heteroatoms. The van der Waals surface area contributed by atoms with Gasteiger partial charge in [0.05, 0.1) is 16.9 Å². The number of aliphatic hydroxyl groups is 1. The molecular formula is C8H8BrNO3. The third-order valence-corrected chi connectivity index (χ3v) is 3.09. The summed E-state index contributed by atoms with van der Waals surface area (Å²) in [4.78, 5) is 22.2. The molecule has 0 bridgehead atoms. The lowest BCUT2D eigenvalue weighted by atomic mass is 9.86. The second-order valence-electron chi connectivity index (χ2n) is 3.41. The van der Waals surface area contributed by atoms with E-state index in [1.807, 2.05) is 0 Å². The fourth-order valence-electron chi connectivity index (χ4n) is 1.71. The lowest BCUT2D eigenvalue weighted by Gasteiger charge is -2.28. The van der Waals surface area contributed by atoms with Gasteiger partial charge in [0.2, 0.25) is 5.91 Å². The van der Waals surface area contributed by atoms with Crippen molar-refractivity contribution >= 4 is 27.6 Å². The van der Waals surface area contributed by atoms with Crippen LogP contribution in [0, 0.1) is 0 Å². The molecule has 0 aromatic heterocycles. The van der Waals surface area contributed by atoms with Crippen LogP contribution in [0.2, 0.25) is 0 Å². The number of ketones is 1. The number of nitrogens with one attached hydrogen (secondary N) is 1. The van der Waals surface area contributed by atoms with Crippen molar-refractivity contribution in [2.45, 2.75) is 24.5 Å². The third-order valence-electron chi connectivity index (χ3n) is 2.41. The average Bonchev–Trinajstić information content (AvgIpc) is 2.25. The van der Waals surface area contributed by atoms with Gasteiger partial charge in [-0.15, -0.1) is 0 Å². The Kier molecular flexibility index (Phi) is 1.82. The predicted molar refractivity (Wildman–Crippen MR) is 48.1 cm³/mol. The molecular weight excluding hydrogens is 238 g/mol. The molecule has 2 aliphatic rings. The van der Waals surface area contributed by atoms with Gasteiger partial charge in [-0.1, -0.05) is 0 Å². The van der Waals surface area contributed by atoms with Crippen molar-refractivity contribution in [3.63, 3.8) is 0 Å². The lowest BCUT2D eigenvalue weighted by Crippen LogP contribution is -2.45. The molecule has 2 rings (SSSR count). The molecule has 1 heterocycles. The predicted octanol–water partition coefficient (Wildman–Crippen LogP) is -0.142. The van der Waals surface area contributed by atoms with E-state index in [9.17, 15) is 14.7 Å². The van der Waals surface area contributed by atoms with Crippen molar-refractivity contribution in [3.05, 3.63) is 10.6 Å². The first-order chi connectivity index (χ1) is 6.01. The number of rotatable bonds is 0. The van der Waals surface area contributed by atoms with Gasteiger partial charge in [-0.2, -0.15) is 0 Å². The van der Waals surface area contributed by atoms with E-state index in [1.165, 1.54) is 6.08 Å². The second-order valence-corrected chi connectivity index (χ2v) is 4.26. The number of hydrogen-bond donors (Lipinski definition) is 2. The minimum absolute atomic E-state index is 0.0417. The molecule has 0 unspecified atom stereocenters. The second kappa shape index (κ2) is 2.65. The van der Waals surface area contributed by atoms with Gasteiger partial charge in [0.25, 0.3) is 0 Å². The Morgan fingerprint density at radius 3 is 3.00 bits per heavy atom. The molecule has 4 nitrogen and oxygen atoms in total. The summed E-state index contributed by atoms with van der Waals surface area (Å²) in [5, 5.41) is 12.5. The zero-order valence-corrected chi connectivity index (χ0v) is 8.30. The standard InChI is InChI=1S/C8H8BrNO3/c9-4-2-8(13)3-7(12)10-6(8)1-5(4)11/h2,6,13H,1,3H2,(H,10,12)/t6-,8+/m0/s1. The summed E-state index contributed by atoms with van der Waals surface area (Å²) in [6.07, 6.45) is 1.63. The summed E-state index contributed by atoms with van der Waals surface area (Å²) < 4.78 is 0.364. The van der Waals surface area contributed by atoms with Gasteiger partial charge >= 0.3 is 0 Å². The number of carbonyl (C=O) groups is 2. The smallest absolute Gasteiger partial charge is 0.223 e. The van der Waals surface area contributed by atoms with E-state index in [2.05, 4.69) is 21.2 Å². The zero-order chi connectivity index (χ0) is 9.64. The van der Waals surface area contributed by atoms with Crippen molar-refractivity contribution in [2.75, 3.05) is 0 Å². The minimum Gasteiger partial charge on any atom is -0.383 e. The van der Waals surface area contributed by atoms with Gasteiger partial charge in [-0.25, -0.2) is 0 Å². The Bertz CT molecular complexity index is 325. The van der Waals surface area contributed by atoms with Crippen molar-refractivity contribution in [1.29, 1.82) is 0 Å². The van der Waals surface area contributed by atoms with Crippen LogP contribution in [0.15, 0.2) is 10.6 Å². The van der Waals surface area contributed by atoms with Crippen molar-refractivity contribution in [1.82, 2.24) is 5.32 Å². The molecule has 70 valence electrons. The molecule has 0 spiro atoms. The summed E-state index contributed by atoms with van der Waals surface area (Å²) in [6, 6.07) is -0.450. The van der Waals surface area contributed by atoms with E-state index in [1.54, 1.807) is 0 Å². The maximum Gasteiger partial charge on any atom is 0.223 e. The number of amides is 1. The molecule has 13 heavy (non-hydrogen) atoms. The number of halogens is 1. The van der Waals surface area contributed by atoms with Crippen molar-refractivity contribution in [2.24, 2.45) is 0 Å². The van der Waals surface area contributed by atoms with Gasteiger partial charge in [0.15, 0.2) is 5.78 Å². The van der Waals surface area contributed by atoms with Crippen molar-refractivity contribution < 1.29 is 14.7 Å². The van der Waals surface area contributed by atoms with Crippen LogP contribution in [0.25, 0.3) is 0 Å². The van der Waals surface area contributed by atoms with Gasteiger partial charge in [-0.05, 0) is 22.0 Å². The Hall–Kier alpha value is -0.680. The average molecular weight is 246 g/mol. The first-order valence-electron chi connectivity index (χ1n) is 3.94. The number of allylic oxidation sites excluding steroid dienone is 1. The highest BCUT2D eigenvalue weighted by molar-refractivity contribution is 9.12. The maximum absolute atomic E-state index is 11.2. The fraction of sp³-hybridized carbons (Fsp3) is 0.500. The van der Waals surface area contributed by atoms with E-state index in [4.69, 9.17) is 0 Å².